The minimum atomic E-state index is 0.939. The maximum Gasteiger partial charge on any atom is -0.0204 e. The lowest BCUT2D eigenvalue weighted by atomic mass is 9.54. The van der Waals surface area contributed by atoms with Crippen LogP contribution < -0.4 is 0 Å². The Morgan fingerprint density at radius 3 is 2.82 bits per heavy atom. The molecule has 0 amide bonds. The summed E-state index contributed by atoms with van der Waals surface area (Å²) >= 11 is 0. The van der Waals surface area contributed by atoms with Crippen molar-refractivity contribution in [1.82, 2.24) is 0 Å². The first kappa shape index (κ1) is 6.51. The van der Waals surface area contributed by atoms with Gasteiger partial charge in [0.15, 0.2) is 0 Å². The van der Waals surface area contributed by atoms with Gasteiger partial charge >= 0.3 is 0 Å². The van der Waals surface area contributed by atoms with Crippen LogP contribution in [0.3, 0.4) is 0 Å². The van der Waals surface area contributed by atoms with Crippen molar-refractivity contribution in [2.24, 2.45) is 29.1 Å². The molecule has 3 rings (SSSR count). The fourth-order valence-electron chi connectivity index (χ4n) is 4.73. The van der Waals surface area contributed by atoms with Crippen LogP contribution in [0, 0.1) is 29.1 Å². The average Bonchev–Trinajstić information content (AvgIpc) is 2.62. The lowest BCUT2D eigenvalue weighted by molar-refractivity contribution is -0.0266. The Kier molecular flexibility index (Phi) is 0.990. The first-order chi connectivity index (χ1) is 5.30. The van der Waals surface area contributed by atoms with Crippen LogP contribution in [0.15, 0.2) is 0 Å². The number of hydrogen-bond acceptors (Lipinski definition) is 0. The third-order valence-electron chi connectivity index (χ3n) is 5.12. The zero-order chi connectivity index (χ0) is 7.64. The molecule has 3 saturated carbocycles. The summed E-state index contributed by atoms with van der Waals surface area (Å²) in [6.45, 7) is 4.88. The maximum atomic E-state index is 2.49. The van der Waals surface area contributed by atoms with E-state index in [9.17, 15) is 0 Å². The van der Waals surface area contributed by atoms with Gasteiger partial charge in [-0.25, -0.2) is 0 Å². The summed E-state index contributed by atoms with van der Waals surface area (Å²) in [5, 5.41) is 0. The van der Waals surface area contributed by atoms with Gasteiger partial charge in [0.2, 0.25) is 0 Å². The molecule has 0 saturated heterocycles. The summed E-state index contributed by atoms with van der Waals surface area (Å²) in [6, 6.07) is 0. The summed E-state index contributed by atoms with van der Waals surface area (Å²) in [6.07, 6.45) is 6.21. The summed E-state index contributed by atoms with van der Waals surface area (Å²) in [7, 11) is 0. The molecule has 1 spiro atoms. The smallest absolute Gasteiger partial charge is 0.0204 e. The molecule has 5 atom stereocenters. The molecule has 3 aliphatic rings. The molecule has 0 aromatic carbocycles. The van der Waals surface area contributed by atoms with Crippen LogP contribution in [0.25, 0.3) is 0 Å². The topological polar surface area (TPSA) is 0 Å². The van der Waals surface area contributed by atoms with Crippen molar-refractivity contribution in [3.8, 4) is 0 Å². The van der Waals surface area contributed by atoms with E-state index in [4.69, 9.17) is 0 Å². The fraction of sp³-hybridized carbons (Fsp3) is 1.00. The van der Waals surface area contributed by atoms with E-state index in [0.29, 0.717) is 0 Å². The third-order valence-corrected chi connectivity index (χ3v) is 5.12. The van der Waals surface area contributed by atoms with E-state index >= 15 is 0 Å². The molecular formula is C11H18. The molecule has 0 heterocycles. The Bertz CT molecular complexity index is 196. The molecule has 0 aliphatic heterocycles. The van der Waals surface area contributed by atoms with Gasteiger partial charge in [-0.05, 0) is 48.3 Å². The summed E-state index contributed by atoms with van der Waals surface area (Å²) in [5.41, 5.74) is 0.939. The lowest BCUT2D eigenvalue weighted by Crippen LogP contribution is -2.45. The Labute approximate surface area is 69.4 Å². The zero-order valence-corrected chi connectivity index (χ0v) is 7.64. The van der Waals surface area contributed by atoms with Gasteiger partial charge in [-0.2, -0.15) is 0 Å². The van der Waals surface area contributed by atoms with E-state index in [2.05, 4.69) is 13.8 Å². The van der Waals surface area contributed by atoms with Crippen LogP contribution in [0.1, 0.15) is 39.5 Å². The van der Waals surface area contributed by atoms with Gasteiger partial charge in [0, 0.05) is 0 Å². The Hall–Kier alpha value is 0. The second-order valence-electron chi connectivity index (χ2n) is 5.07. The highest BCUT2D eigenvalue weighted by atomic mass is 14.8. The molecule has 0 nitrogen and oxygen atoms in total. The van der Waals surface area contributed by atoms with Crippen molar-refractivity contribution in [2.45, 2.75) is 39.5 Å². The first-order valence-electron chi connectivity index (χ1n) is 5.30. The normalized spacial score (nSPS) is 64.9. The van der Waals surface area contributed by atoms with E-state index in [1.165, 1.54) is 12.3 Å². The Morgan fingerprint density at radius 2 is 2.18 bits per heavy atom. The molecule has 5 unspecified atom stereocenters. The highest BCUT2D eigenvalue weighted by Crippen LogP contribution is 2.80. The highest BCUT2D eigenvalue weighted by molar-refractivity contribution is 5.22. The Balaban J connectivity index is 1.90. The summed E-state index contributed by atoms with van der Waals surface area (Å²) in [4.78, 5) is 0. The van der Waals surface area contributed by atoms with Gasteiger partial charge in [-0.1, -0.05) is 20.3 Å². The monoisotopic (exact) mass is 150 g/mol. The van der Waals surface area contributed by atoms with Gasteiger partial charge in [0.25, 0.3) is 0 Å². The van der Waals surface area contributed by atoms with Gasteiger partial charge in [0.1, 0.15) is 0 Å². The fourth-order valence-corrected chi connectivity index (χ4v) is 4.73. The van der Waals surface area contributed by atoms with Crippen LogP contribution in [-0.2, 0) is 0 Å². The SMILES string of the molecule is CCC1C(C)C2CCC3CC312. The summed E-state index contributed by atoms with van der Waals surface area (Å²) in [5.74, 6) is 4.55. The van der Waals surface area contributed by atoms with Gasteiger partial charge in [-0.3, -0.25) is 0 Å². The average molecular weight is 150 g/mol. The van der Waals surface area contributed by atoms with Gasteiger partial charge in [0.05, 0.1) is 0 Å². The third kappa shape index (κ3) is 0.494. The second-order valence-corrected chi connectivity index (χ2v) is 5.07. The minimum absolute atomic E-state index is 0.939. The van der Waals surface area contributed by atoms with Crippen LogP contribution in [0.4, 0.5) is 0 Å². The maximum absolute atomic E-state index is 2.49. The van der Waals surface area contributed by atoms with E-state index < -0.39 is 0 Å². The minimum Gasteiger partial charge on any atom is -0.0651 e. The molecular weight excluding hydrogens is 132 g/mol. The molecule has 0 radical (unpaired) electrons. The molecule has 3 aliphatic carbocycles. The molecule has 11 heavy (non-hydrogen) atoms. The molecule has 62 valence electrons. The predicted octanol–water partition coefficient (Wildman–Crippen LogP) is 3.08. The van der Waals surface area contributed by atoms with Crippen LogP contribution in [0.2, 0.25) is 0 Å². The quantitative estimate of drug-likeness (QED) is 0.539. The van der Waals surface area contributed by atoms with Crippen molar-refractivity contribution in [1.29, 1.82) is 0 Å². The van der Waals surface area contributed by atoms with Crippen molar-refractivity contribution in [2.75, 3.05) is 0 Å². The van der Waals surface area contributed by atoms with Crippen molar-refractivity contribution in [3.63, 3.8) is 0 Å². The van der Waals surface area contributed by atoms with E-state index in [1.807, 2.05) is 0 Å². The standard InChI is InChI=1S/C11H18/c1-3-9-7(2)10-5-4-8-6-11(8,9)10/h7-10H,3-6H2,1-2H3. The Morgan fingerprint density at radius 1 is 1.36 bits per heavy atom. The van der Waals surface area contributed by atoms with Crippen molar-refractivity contribution >= 4 is 0 Å². The van der Waals surface area contributed by atoms with Crippen LogP contribution in [-0.4, -0.2) is 0 Å². The van der Waals surface area contributed by atoms with Crippen molar-refractivity contribution < 1.29 is 0 Å². The number of rotatable bonds is 1. The molecule has 0 aromatic rings. The first-order valence-corrected chi connectivity index (χ1v) is 5.30. The molecule has 0 heteroatoms. The van der Waals surface area contributed by atoms with E-state index in [-0.39, 0.29) is 0 Å². The highest BCUT2D eigenvalue weighted by Gasteiger charge is 2.74. The van der Waals surface area contributed by atoms with Crippen LogP contribution in [0.5, 0.6) is 0 Å². The van der Waals surface area contributed by atoms with Gasteiger partial charge in [-0.15, -0.1) is 0 Å². The molecule has 0 bridgehead atoms. The summed E-state index contributed by atoms with van der Waals surface area (Å²) < 4.78 is 0. The van der Waals surface area contributed by atoms with Crippen molar-refractivity contribution in [3.05, 3.63) is 0 Å². The molecule has 0 N–H and O–H groups in total. The van der Waals surface area contributed by atoms with Gasteiger partial charge < -0.3 is 0 Å². The predicted molar refractivity (Wildman–Crippen MR) is 46.2 cm³/mol. The van der Waals surface area contributed by atoms with Crippen LogP contribution >= 0.6 is 0 Å². The van der Waals surface area contributed by atoms with E-state index in [0.717, 1.165) is 23.2 Å². The zero-order valence-electron chi connectivity index (χ0n) is 7.64. The lowest BCUT2D eigenvalue weighted by Gasteiger charge is -2.50. The largest absolute Gasteiger partial charge is 0.0651 e. The number of hydrogen-bond donors (Lipinski definition) is 0. The molecule has 0 aromatic heterocycles. The second kappa shape index (κ2) is 1.67. The van der Waals surface area contributed by atoms with E-state index in [1.54, 1.807) is 19.3 Å². The molecule has 3 fully saturated rings.